The maximum Gasteiger partial charge on any atom is 0.411 e. The molecule has 0 aliphatic heterocycles. The quantitative estimate of drug-likeness (QED) is 0.922. The third-order valence-corrected chi connectivity index (χ3v) is 3.18. The van der Waals surface area contributed by atoms with Crippen LogP contribution in [0, 0.1) is 0 Å². The van der Waals surface area contributed by atoms with Gasteiger partial charge in [-0.05, 0) is 36.1 Å². The van der Waals surface area contributed by atoms with E-state index in [4.69, 9.17) is 9.47 Å². The number of aryl methyl sites for hydroxylation is 1. The number of benzene rings is 1. The van der Waals surface area contributed by atoms with Crippen LogP contribution < -0.4 is 4.74 Å². The summed E-state index contributed by atoms with van der Waals surface area (Å²) < 4.78 is 46.2. The number of fused-ring (bicyclic) bond motifs is 1. The zero-order chi connectivity index (χ0) is 14.0. The van der Waals surface area contributed by atoms with Gasteiger partial charge >= 0.3 is 6.18 Å². The number of aliphatic hydroxyl groups excluding tert-OH is 1. The molecule has 2 unspecified atom stereocenters. The van der Waals surface area contributed by atoms with Crippen molar-refractivity contribution in [3.05, 3.63) is 29.3 Å². The topological polar surface area (TPSA) is 38.7 Å². The number of halogens is 3. The van der Waals surface area contributed by atoms with Crippen LogP contribution in [0.5, 0.6) is 5.75 Å². The largest absolute Gasteiger partial charge is 0.497 e. The van der Waals surface area contributed by atoms with Gasteiger partial charge in [0, 0.05) is 0 Å². The van der Waals surface area contributed by atoms with Crippen molar-refractivity contribution in [3.63, 3.8) is 0 Å². The minimum absolute atomic E-state index is 0.359. The van der Waals surface area contributed by atoms with Crippen LogP contribution in [-0.2, 0) is 11.2 Å². The lowest BCUT2D eigenvalue weighted by molar-refractivity contribution is -0.197. The summed E-state index contributed by atoms with van der Waals surface area (Å²) in [4.78, 5) is 0. The van der Waals surface area contributed by atoms with Gasteiger partial charge in [0.1, 0.15) is 18.5 Å². The molecule has 6 heteroatoms. The number of aliphatic hydroxyl groups is 1. The molecule has 19 heavy (non-hydrogen) atoms. The number of rotatable bonds is 3. The van der Waals surface area contributed by atoms with E-state index in [0.717, 1.165) is 5.56 Å². The van der Waals surface area contributed by atoms with Crippen molar-refractivity contribution < 1.29 is 27.8 Å². The monoisotopic (exact) mass is 276 g/mol. The molecule has 2 rings (SSSR count). The standard InChI is InChI=1S/C13H15F3O3/c1-18-9-3-4-10-8(6-9)2-5-11(12(10)17)19-7-13(14,15)16/h3-4,6,11-12,17H,2,5,7H2,1H3. The van der Waals surface area contributed by atoms with Crippen LogP contribution in [0.15, 0.2) is 18.2 Å². The number of ether oxygens (including phenoxy) is 2. The first kappa shape index (κ1) is 14.1. The molecule has 106 valence electrons. The highest BCUT2D eigenvalue weighted by Crippen LogP contribution is 2.34. The molecule has 0 amide bonds. The molecule has 1 aromatic carbocycles. The lowest BCUT2D eigenvalue weighted by Gasteiger charge is -2.30. The van der Waals surface area contributed by atoms with Gasteiger partial charge in [-0.3, -0.25) is 0 Å². The Bertz CT molecular complexity index is 445. The van der Waals surface area contributed by atoms with E-state index in [2.05, 4.69) is 0 Å². The van der Waals surface area contributed by atoms with E-state index in [0.29, 0.717) is 24.2 Å². The minimum atomic E-state index is -4.38. The van der Waals surface area contributed by atoms with Gasteiger partial charge < -0.3 is 14.6 Å². The van der Waals surface area contributed by atoms with E-state index >= 15 is 0 Å². The van der Waals surface area contributed by atoms with Gasteiger partial charge in [0.25, 0.3) is 0 Å². The van der Waals surface area contributed by atoms with Gasteiger partial charge in [0.2, 0.25) is 0 Å². The normalized spacial score (nSPS) is 23.0. The first-order valence-corrected chi connectivity index (χ1v) is 5.94. The fraction of sp³-hybridized carbons (Fsp3) is 0.538. The molecule has 0 saturated heterocycles. The fourth-order valence-corrected chi connectivity index (χ4v) is 2.25. The molecular weight excluding hydrogens is 261 g/mol. The Morgan fingerprint density at radius 1 is 1.37 bits per heavy atom. The second-order valence-electron chi connectivity index (χ2n) is 4.51. The van der Waals surface area contributed by atoms with Crippen molar-refractivity contribution in [1.82, 2.24) is 0 Å². The lowest BCUT2D eigenvalue weighted by atomic mass is 9.87. The Morgan fingerprint density at radius 2 is 2.11 bits per heavy atom. The first-order valence-electron chi connectivity index (χ1n) is 5.94. The Labute approximate surface area is 108 Å². The molecule has 0 aromatic heterocycles. The summed E-state index contributed by atoms with van der Waals surface area (Å²) in [5.41, 5.74) is 1.50. The Morgan fingerprint density at radius 3 is 2.74 bits per heavy atom. The Kier molecular flexibility index (Phi) is 4.01. The highest BCUT2D eigenvalue weighted by atomic mass is 19.4. The van der Waals surface area contributed by atoms with Gasteiger partial charge in [0.15, 0.2) is 0 Å². The SMILES string of the molecule is COc1ccc2c(c1)CCC(OCC(F)(F)F)C2O. The first-order chi connectivity index (χ1) is 8.90. The highest BCUT2D eigenvalue weighted by Gasteiger charge is 2.34. The van der Waals surface area contributed by atoms with Crippen LogP contribution in [0.4, 0.5) is 13.2 Å². The van der Waals surface area contributed by atoms with Crippen molar-refractivity contribution in [2.24, 2.45) is 0 Å². The summed E-state index contributed by atoms with van der Waals surface area (Å²) in [5, 5.41) is 10.0. The third-order valence-electron chi connectivity index (χ3n) is 3.18. The second-order valence-corrected chi connectivity index (χ2v) is 4.51. The van der Waals surface area contributed by atoms with Crippen LogP contribution in [0.25, 0.3) is 0 Å². The van der Waals surface area contributed by atoms with Gasteiger partial charge in [-0.1, -0.05) is 6.07 Å². The van der Waals surface area contributed by atoms with E-state index in [9.17, 15) is 18.3 Å². The minimum Gasteiger partial charge on any atom is -0.497 e. The number of hydrogen-bond acceptors (Lipinski definition) is 3. The molecule has 1 aliphatic rings. The van der Waals surface area contributed by atoms with Crippen molar-refractivity contribution in [3.8, 4) is 5.75 Å². The molecular formula is C13H15F3O3. The summed E-state index contributed by atoms with van der Waals surface area (Å²) in [7, 11) is 1.54. The van der Waals surface area contributed by atoms with E-state index in [1.807, 2.05) is 0 Å². The van der Waals surface area contributed by atoms with Gasteiger partial charge in [-0.25, -0.2) is 0 Å². The summed E-state index contributed by atoms with van der Waals surface area (Å²) in [5.74, 6) is 0.667. The Hall–Kier alpha value is -1.27. The number of hydrogen-bond donors (Lipinski definition) is 1. The van der Waals surface area contributed by atoms with Gasteiger partial charge in [-0.15, -0.1) is 0 Å². The summed E-state index contributed by atoms with van der Waals surface area (Å²) in [6.45, 7) is -1.33. The second kappa shape index (κ2) is 5.38. The van der Waals surface area contributed by atoms with Crippen LogP contribution in [0.3, 0.4) is 0 Å². The summed E-state index contributed by atoms with van der Waals surface area (Å²) >= 11 is 0. The molecule has 1 aromatic rings. The lowest BCUT2D eigenvalue weighted by Crippen LogP contribution is -2.31. The molecule has 1 aliphatic carbocycles. The molecule has 0 bridgehead atoms. The zero-order valence-corrected chi connectivity index (χ0v) is 10.4. The van der Waals surface area contributed by atoms with Crippen LogP contribution in [0.1, 0.15) is 23.7 Å². The molecule has 0 saturated carbocycles. The predicted octanol–water partition coefficient (Wildman–Crippen LogP) is 2.62. The van der Waals surface area contributed by atoms with Crippen molar-refractivity contribution in [2.75, 3.05) is 13.7 Å². The smallest absolute Gasteiger partial charge is 0.411 e. The van der Waals surface area contributed by atoms with Crippen LogP contribution in [-0.4, -0.2) is 31.1 Å². The maximum absolute atomic E-state index is 12.1. The van der Waals surface area contributed by atoms with E-state index < -0.39 is 25.0 Å². The molecule has 3 nitrogen and oxygen atoms in total. The number of methoxy groups -OCH3 is 1. The van der Waals surface area contributed by atoms with E-state index in [1.54, 1.807) is 18.2 Å². The van der Waals surface area contributed by atoms with Gasteiger partial charge in [-0.2, -0.15) is 13.2 Å². The summed E-state index contributed by atoms with van der Waals surface area (Å²) in [6, 6.07) is 5.13. The average molecular weight is 276 g/mol. The van der Waals surface area contributed by atoms with E-state index in [-0.39, 0.29) is 0 Å². The van der Waals surface area contributed by atoms with Crippen LogP contribution in [0.2, 0.25) is 0 Å². The molecule has 0 radical (unpaired) electrons. The molecule has 1 N–H and O–H groups in total. The third kappa shape index (κ3) is 3.39. The Balaban J connectivity index is 2.09. The van der Waals surface area contributed by atoms with Crippen molar-refractivity contribution in [1.29, 1.82) is 0 Å². The van der Waals surface area contributed by atoms with Crippen molar-refractivity contribution >= 4 is 0 Å². The van der Waals surface area contributed by atoms with Crippen LogP contribution >= 0.6 is 0 Å². The van der Waals surface area contributed by atoms with E-state index in [1.165, 1.54) is 7.11 Å². The molecule has 0 spiro atoms. The van der Waals surface area contributed by atoms with Gasteiger partial charge in [0.05, 0.1) is 13.2 Å². The molecule has 0 fully saturated rings. The number of alkyl halides is 3. The molecule has 0 heterocycles. The predicted molar refractivity (Wildman–Crippen MR) is 62.1 cm³/mol. The fourth-order valence-electron chi connectivity index (χ4n) is 2.25. The molecule has 2 atom stereocenters. The maximum atomic E-state index is 12.1. The highest BCUT2D eigenvalue weighted by molar-refractivity contribution is 5.39. The average Bonchev–Trinajstić information content (AvgIpc) is 2.36. The summed E-state index contributed by atoms with van der Waals surface area (Å²) in [6.07, 6.45) is -5.30. The zero-order valence-electron chi connectivity index (χ0n) is 10.4. The van der Waals surface area contributed by atoms with Crippen molar-refractivity contribution in [2.45, 2.75) is 31.2 Å².